The number of rotatable bonds is 27. The molecule has 0 heterocycles. The van der Waals surface area contributed by atoms with Crippen LogP contribution in [0.1, 0.15) is 91.2 Å². The average molecular weight is 912 g/mol. The zero-order chi connectivity index (χ0) is 49.2. The average Bonchev–Trinajstić information content (AvgIpc) is 3.23. The van der Waals surface area contributed by atoms with Crippen molar-refractivity contribution in [2.75, 3.05) is 6.54 Å². The van der Waals surface area contributed by atoms with Gasteiger partial charge in [0.15, 0.2) is 0 Å². The number of hydrogen-bond donors (Lipinski definition) is 11. The van der Waals surface area contributed by atoms with Crippen molar-refractivity contribution in [2.45, 2.75) is 135 Å². The molecule has 7 amide bonds. The third-order valence-electron chi connectivity index (χ3n) is 9.77. The molecular formula is C45H69N9O11. The number of amides is 7. The molecule has 0 saturated carbocycles. The lowest BCUT2D eigenvalue weighted by Gasteiger charge is -2.29. The van der Waals surface area contributed by atoms with Crippen LogP contribution < -0.4 is 49.1 Å². The molecule has 2 aromatic rings. The molecule has 2 aromatic carbocycles. The van der Waals surface area contributed by atoms with Crippen molar-refractivity contribution in [3.8, 4) is 0 Å². The smallest absolute Gasteiger partial charge is 0.325 e. The van der Waals surface area contributed by atoms with Crippen molar-refractivity contribution in [2.24, 2.45) is 29.0 Å². The van der Waals surface area contributed by atoms with Gasteiger partial charge in [0, 0.05) is 26.2 Å². The van der Waals surface area contributed by atoms with Crippen LogP contribution in [0.3, 0.4) is 0 Å². The van der Waals surface area contributed by atoms with E-state index in [-0.39, 0.29) is 44.4 Å². The third-order valence-corrected chi connectivity index (χ3v) is 9.77. The van der Waals surface area contributed by atoms with Crippen molar-refractivity contribution in [1.82, 2.24) is 31.9 Å². The molecule has 360 valence electrons. The van der Waals surface area contributed by atoms with Crippen molar-refractivity contribution in [1.29, 1.82) is 0 Å². The maximum absolute atomic E-state index is 14.1. The summed E-state index contributed by atoms with van der Waals surface area (Å²) >= 11 is 0. The Morgan fingerprint density at radius 2 is 1.00 bits per heavy atom. The first kappa shape index (κ1) is 56.6. The number of primary amides is 1. The number of carbonyl (C=O) groups is 9. The van der Waals surface area contributed by atoms with Gasteiger partial charge in [0.2, 0.25) is 41.4 Å². The highest BCUT2D eigenvalue weighted by atomic mass is 16.4. The minimum absolute atomic E-state index is 0.00212. The van der Waals surface area contributed by atoms with Crippen molar-refractivity contribution >= 4 is 53.3 Å². The highest BCUT2D eigenvalue weighted by molar-refractivity contribution is 5.97. The van der Waals surface area contributed by atoms with Gasteiger partial charge in [-0.1, -0.05) is 88.4 Å². The summed E-state index contributed by atoms with van der Waals surface area (Å²) in [6.07, 6.45) is 1.23. The molecule has 0 aromatic heterocycles. The number of carboxylic acid groups (broad SMARTS) is 2. The summed E-state index contributed by atoms with van der Waals surface area (Å²) in [5.41, 5.74) is 18.2. The van der Waals surface area contributed by atoms with Gasteiger partial charge < -0.3 is 59.3 Å². The molecular weight excluding hydrogens is 843 g/mol. The fourth-order valence-corrected chi connectivity index (χ4v) is 6.26. The van der Waals surface area contributed by atoms with Gasteiger partial charge in [0.05, 0.1) is 6.04 Å². The molecule has 2 rings (SSSR count). The van der Waals surface area contributed by atoms with Gasteiger partial charge in [0.25, 0.3) is 5.97 Å². The minimum atomic E-state index is -1.27. The second kappa shape index (κ2) is 29.9. The fourth-order valence-electron chi connectivity index (χ4n) is 6.26. The van der Waals surface area contributed by atoms with Crippen LogP contribution in [0.4, 0.5) is 0 Å². The highest BCUT2D eigenvalue weighted by Gasteiger charge is 2.35. The quantitative estimate of drug-likeness (QED) is 0.0527. The normalized spacial score (nSPS) is 14.1. The highest BCUT2D eigenvalue weighted by Crippen LogP contribution is 2.12. The Morgan fingerprint density at radius 1 is 0.569 bits per heavy atom. The molecule has 20 heteroatoms. The first-order valence-corrected chi connectivity index (χ1v) is 21.6. The molecule has 65 heavy (non-hydrogen) atoms. The molecule has 0 aliphatic heterocycles. The van der Waals surface area contributed by atoms with Crippen LogP contribution in [-0.2, 0) is 56.0 Å². The molecule has 0 fully saturated rings. The van der Waals surface area contributed by atoms with Gasteiger partial charge in [-0.15, -0.1) is 0 Å². The number of aliphatic carboxylic acids is 2. The van der Waals surface area contributed by atoms with E-state index < -0.39 is 101 Å². The van der Waals surface area contributed by atoms with Crippen LogP contribution in [0.25, 0.3) is 0 Å². The van der Waals surface area contributed by atoms with E-state index in [4.69, 9.17) is 27.1 Å². The van der Waals surface area contributed by atoms with Crippen LogP contribution in [0.2, 0.25) is 0 Å². The monoisotopic (exact) mass is 912 g/mol. The lowest BCUT2D eigenvalue weighted by atomic mass is 9.98. The molecule has 20 nitrogen and oxygen atoms in total. The van der Waals surface area contributed by atoms with E-state index in [1.807, 2.05) is 13.8 Å². The van der Waals surface area contributed by atoms with Crippen LogP contribution in [0.5, 0.6) is 0 Å². The summed E-state index contributed by atoms with van der Waals surface area (Å²) < 4.78 is 0. The van der Waals surface area contributed by atoms with Gasteiger partial charge >= 0.3 is 5.97 Å². The van der Waals surface area contributed by atoms with E-state index in [0.717, 1.165) is 6.92 Å². The van der Waals surface area contributed by atoms with Gasteiger partial charge in [-0.3, -0.25) is 43.2 Å². The number of nitrogens with two attached hydrogens (primary N) is 3. The predicted octanol–water partition coefficient (Wildman–Crippen LogP) is -0.000100. The zero-order valence-corrected chi connectivity index (χ0v) is 38.1. The summed E-state index contributed by atoms with van der Waals surface area (Å²) in [6.45, 7) is 9.81. The summed E-state index contributed by atoms with van der Waals surface area (Å²) in [4.78, 5) is 114. The van der Waals surface area contributed by atoms with Crippen LogP contribution in [0.15, 0.2) is 60.7 Å². The summed E-state index contributed by atoms with van der Waals surface area (Å²) in [6, 6.07) is 9.36. The second-order valence-corrected chi connectivity index (χ2v) is 16.5. The van der Waals surface area contributed by atoms with Crippen molar-refractivity contribution < 1.29 is 53.4 Å². The molecule has 0 saturated heterocycles. The predicted molar refractivity (Wildman–Crippen MR) is 242 cm³/mol. The van der Waals surface area contributed by atoms with Crippen LogP contribution >= 0.6 is 0 Å². The molecule has 0 aliphatic carbocycles. The largest absolute Gasteiger partial charge is 0.481 e. The number of carboxylic acids is 2. The Bertz CT molecular complexity index is 1860. The molecule has 14 N–H and O–H groups in total. The molecule has 0 spiro atoms. The fraction of sp³-hybridized carbons (Fsp3) is 0.533. The van der Waals surface area contributed by atoms with Crippen molar-refractivity contribution in [3.05, 3.63) is 71.8 Å². The van der Waals surface area contributed by atoms with E-state index >= 15 is 0 Å². The molecule has 0 bridgehead atoms. The SMILES string of the molecule is CC(=O)O.CC(C)C[C@H](NC(=O)[C@H](CCCCN)NC(=O)[C@@H](N)CCC(N)=O)C(=O)N[C@H](C(=O)N[C@@H](Cc1ccccc1)C(=O)N[C@@H](Cc1ccccc1)C(=O)N[C@@H](C)C(=O)O)C(C)C. The Balaban J connectivity index is 0.00000505. The number of unbranched alkanes of at least 4 members (excludes halogenated alkanes) is 1. The van der Waals surface area contributed by atoms with E-state index in [1.54, 1.807) is 74.5 Å². The number of nitrogens with one attached hydrogen (secondary N) is 6. The Morgan fingerprint density at radius 3 is 1.45 bits per heavy atom. The van der Waals surface area contributed by atoms with Gasteiger partial charge in [-0.2, -0.15) is 0 Å². The standard InChI is InChI=1S/C43H65N9O9.C2H4O2/c1-25(2)22-32(49-38(55)31(18-12-13-21-44)48-37(54)30(45)19-20-35(46)53)41(58)52-36(26(3)4)42(59)51-34(24-29-16-10-7-11-17-29)40(57)50-33(23-28-14-8-6-9-15-28)39(56)47-27(5)43(60)61;1-2(3)4/h6-11,14-17,25-27,30-34,36H,12-13,18-24,44-45H2,1-5H3,(H2,46,53)(H,47,56)(H,48,54)(H,49,55)(H,50,57)(H,51,59)(H,52,58)(H,60,61);1H3,(H,3,4)/t27-,30-,31-,32-,33-,34-,36-;/m0./s1. The van der Waals surface area contributed by atoms with Gasteiger partial charge in [-0.05, 0) is 68.5 Å². The van der Waals surface area contributed by atoms with Crippen LogP contribution in [-0.4, -0.2) is 112 Å². The number of hydrogen-bond acceptors (Lipinski definition) is 11. The molecule has 7 atom stereocenters. The Labute approximate surface area is 380 Å². The molecule has 0 unspecified atom stereocenters. The summed E-state index contributed by atoms with van der Waals surface area (Å²) in [5, 5.41) is 32.8. The maximum atomic E-state index is 14.1. The lowest BCUT2D eigenvalue weighted by Crippen LogP contribution is -2.61. The number of benzene rings is 2. The van der Waals surface area contributed by atoms with E-state index in [9.17, 15) is 43.5 Å². The third kappa shape index (κ3) is 23.2. The van der Waals surface area contributed by atoms with Gasteiger partial charge in [0.1, 0.15) is 36.3 Å². The Kier molecular flexibility index (Phi) is 26.0. The van der Waals surface area contributed by atoms with Crippen molar-refractivity contribution in [3.63, 3.8) is 0 Å². The van der Waals surface area contributed by atoms with E-state index in [2.05, 4.69) is 31.9 Å². The van der Waals surface area contributed by atoms with Crippen LogP contribution in [0, 0.1) is 11.8 Å². The topological polar surface area (TPSA) is 344 Å². The summed E-state index contributed by atoms with van der Waals surface area (Å²) in [7, 11) is 0. The molecule has 0 radical (unpaired) electrons. The van der Waals surface area contributed by atoms with E-state index in [0.29, 0.717) is 30.5 Å². The summed E-state index contributed by atoms with van der Waals surface area (Å²) in [5.74, 6) is -7.55. The second-order valence-electron chi connectivity index (χ2n) is 16.5. The molecule has 0 aliphatic rings. The van der Waals surface area contributed by atoms with E-state index in [1.165, 1.54) is 6.92 Å². The maximum Gasteiger partial charge on any atom is 0.325 e. The lowest BCUT2D eigenvalue weighted by molar-refractivity contribution is -0.142. The Hall–Kier alpha value is -6.41. The first-order valence-electron chi connectivity index (χ1n) is 21.6. The zero-order valence-electron chi connectivity index (χ0n) is 38.1. The number of carbonyl (C=O) groups excluding carboxylic acids is 7. The minimum Gasteiger partial charge on any atom is -0.481 e. The first-order chi connectivity index (χ1) is 30.5. The van der Waals surface area contributed by atoms with Gasteiger partial charge in [-0.25, -0.2) is 0 Å².